The smallest absolute Gasteiger partial charge is 0.125 e. The number of hydrogen-bond acceptors (Lipinski definition) is 2. The molecule has 0 saturated heterocycles. The molecule has 2 aliphatic rings. The van der Waals surface area contributed by atoms with Gasteiger partial charge in [0.05, 0.1) is 6.61 Å². The molecule has 86 valence electrons. The fourth-order valence-corrected chi connectivity index (χ4v) is 2.49. The number of hydrogen-bond donors (Lipinski definition) is 1. The third-order valence-corrected chi connectivity index (χ3v) is 3.45. The van der Waals surface area contributed by atoms with E-state index in [-0.39, 0.29) is 0 Å². The van der Waals surface area contributed by atoms with Crippen molar-refractivity contribution in [2.75, 3.05) is 13.2 Å². The second-order valence-corrected chi connectivity index (χ2v) is 5.07. The second-order valence-electron chi connectivity index (χ2n) is 4.63. The number of fused-ring (bicyclic) bond motifs is 1. The minimum absolute atomic E-state index is 0.771. The van der Waals surface area contributed by atoms with E-state index in [9.17, 15) is 0 Å². The van der Waals surface area contributed by atoms with Gasteiger partial charge in [0.1, 0.15) is 5.75 Å². The molecule has 0 atom stereocenters. The third kappa shape index (κ3) is 2.18. The van der Waals surface area contributed by atoms with Gasteiger partial charge in [-0.3, -0.25) is 0 Å². The van der Waals surface area contributed by atoms with E-state index >= 15 is 0 Å². The molecule has 16 heavy (non-hydrogen) atoms. The van der Waals surface area contributed by atoms with Crippen molar-refractivity contribution in [3.8, 4) is 5.75 Å². The lowest BCUT2D eigenvalue weighted by molar-refractivity contribution is 0.353. The predicted molar refractivity (Wildman–Crippen MR) is 65.4 cm³/mol. The first kappa shape index (κ1) is 10.4. The van der Waals surface area contributed by atoms with E-state index in [0.717, 1.165) is 42.8 Å². The highest BCUT2D eigenvalue weighted by atomic mass is 35.5. The van der Waals surface area contributed by atoms with Crippen LogP contribution in [0.4, 0.5) is 0 Å². The highest BCUT2D eigenvalue weighted by molar-refractivity contribution is 6.30. The van der Waals surface area contributed by atoms with Gasteiger partial charge in [-0.05, 0) is 49.1 Å². The summed E-state index contributed by atoms with van der Waals surface area (Å²) in [6, 6.07) is 4.84. The van der Waals surface area contributed by atoms with Crippen molar-refractivity contribution in [2.24, 2.45) is 0 Å². The fraction of sp³-hybridized carbons (Fsp3) is 0.538. The van der Waals surface area contributed by atoms with Gasteiger partial charge in [-0.1, -0.05) is 11.6 Å². The molecule has 3 rings (SSSR count). The second kappa shape index (κ2) is 4.27. The number of rotatable bonds is 4. The van der Waals surface area contributed by atoms with Crippen LogP contribution in [-0.4, -0.2) is 19.2 Å². The maximum Gasteiger partial charge on any atom is 0.125 e. The Morgan fingerprint density at radius 3 is 3.06 bits per heavy atom. The van der Waals surface area contributed by atoms with Gasteiger partial charge in [0, 0.05) is 17.5 Å². The van der Waals surface area contributed by atoms with Gasteiger partial charge in [0.15, 0.2) is 0 Å². The van der Waals surface area contributed by atoms with Gasteiger partial charge in [0.2, 0.25) is 0 Å². The van der Waals surface area contributed by atoms with Crippen molar-refractivity contribution < 1.29 is 4.74 Å². The first-order valence-electron chi connectivity index (χ1n) is 6.00. The minimum Gasteiger partial charge on any atom is -0.493 e. The Bertz CT molecular complexity index is 401. The average Bonchev–Trinajstić information content (AvgIpc) is 2.95. The molecule has 2 nitrogen and oxygen atoms in total. The average molecular weight is 238 g/mol. The van der Waals surface area contributed by atoms with Gasteiger partial charge >= 0.3 is 0 Å². The summed E-state index contributed by atoms with van der Waals surface area (Å²) in [5.74, 6) is 1.09. The number of ether oxygens (including phenoxy) is 1. The molecule has 1 saturated carbocycles. The highest BCUT2D eigenvalue weighted by Crippen LogP contribution is 2.33. The molecule has 0 aromatic heterocycles. The lowest BCUT2D eigenvalue weighted by Gasteiger charge is -2.09. The summed E-state index contributed by atoms with van der Waals surface area (Å²) < 4.78 is 5.67. The standard InChI is InChI=1S/C13H16ClNO/c14-11-7-9(3-5-15-12-1-2-12)13-10(8-11)4-6-16-13/h7-8,12,15H,1-6H2. The van der Waals surface area contributed by atoms with E-state index in [4.69, 9.17) is 16.3 Å². The van der Waals surface area contributed by atoms with Crippen LogP contribution in [0.5, 0.6) is 5.75 Å². The highest BCUT2D eigenvalue weighted by Gasteiger charge is 2.21. The first-order chi connectivity index (χ1) is 7.83. The van der Waals surface area contributed by atoms with E-state index in [0.29, 0.717) is 0 Å². The summed E-state index contributed by atoms with van der Waals surface area (Å²) in [6.07, 6.45) is 4.69. The molecule has 1 fully saturated rings. The largest absolute Gasteiger partial charge is 0.493 e. The summed E-state index contributed by atoms with van der Waals surface area (Å²) in [6.45, 7) is 1.83. The topological polar surface area (TPSA) is 21.3 Å². The van der Waals surface area contributed by atoms with Crippen LogP contribution in [0.2, 0.25) is 5.02 Å². The van der Waals surface area contributed by atoms with Crippen LogP contribution in [-0.2, 0) is 12.8 Å². The predicted octanol–water partition coefficient (Wildman–Crippen LogP) is 2.57. The number of benzene rings is 1. The van der Waals surface area contributed by atoms with Gasteiger partial charge in [-0.15, -0.1) is 0 Å². The Morgan fingerprint density at radius 1 is 1.38 bits per heavy atom. The van der Waals surface area contributed by atoms with Crippen LogP contribution >= 0.6 is 11.6 Å². The van der Waals surface area contributed by atoms with E-state index in [1.54, 1.807) is 0 Å². The lowest BCUT2D eigenvalue weighted by Crippen LogP contribution is -2.19. The molecule has 1 heterocycles. The molecule has 1 aliphatic carbocycles. The molecular formula is C13H16ClNO. The van der Waals surface area contributed by atoms with E-state index in [2.05, 4.69) is 5.32 Å². The number of halogens is 1. The SMILES string of the molecule is Clc1cc(CCNC2CC2)c2c(c1)CCO2. The fourth-order valence-electron chi connectivity index (χ4n) is 2.23. The summed E-state index contributed by atoms with van der Waals surface area (Å²) in [5, 5.41) is 4.36. The molecule has 0 unspecified atom stereocenters. The van der Waals surface area contributed by atoms with E-state index in [1.165, 1.54) is 24.0 Å². The molecule has 0 bridgehead atoms. The van der Waals surface area contributed by atoms with Gasteiger partial charge in [0.25, 0.3) is 0 Å². The van der Waals surface area contributed by atoms with Crippen molar-refractivity contribution in [3.05, 3.63) is 28.3 Å². The Labute approximate surface area is 101 Å². The van der Waals surface area contributed by atoms with Crippen molar-refractivity contribution in [1.82, 2.24) is 5.32 Å². The zero-order chi connectivity index (χ0) is 11.0. The van der Waals surface area contributed by atoms with E-state index in [1.807, 2.05) is 12.1 Å². The normalized spacial score (nSPS) is 18.3. The van der Waals surface area contributed by atoms with Gasteiger partial charge in [-0.2, -0.15) is 0 Å². The quantitative estimate of drug-likeness (QED) is 0.869. The molecular weight excluding hydrogens is 222 g/mol. The Balaban J connectivity index is 1.71. The Kier molecular flexibility index (Phi) is 2.78. The Morgan fingerprint density at radius 2 is 2.25 bits per heavy atom. The maximum atomic E-state index is 6.11. The van der Waals surface area contributed by atoms with Crippen molar-refractivity contribution in [2.45, 2.75) is 31.7 Å². The Hall–Kier alpha value is -0.730. The van der Waals surface area contributed by atoms with Gasteiger partial charge in [-0.25, -0.2) is 0 Å². The van der Waals surface area contributed by atoms with Crippen molar-refractivity contribution >= 4 is 11.6 Å². The minimum atomic E-state index is 0.771. The zero-order valence-electron chi connectivity index (χ0n) is 9.26. The van der Waals surface area contributed by atoms with Crippen LogP contribution < -0.4 is 10.1 Å². The maximum absolute atomic E-state index is 6.11. The molecule has 1 N–H and O–H groups in total. The molecule has 3 heteroatoms. The van der Waals surface area contributed by atoms with Crippen LogP contribution in [0.15, 0.2) is 12.1 Å². The van der Waals surface area contributed by atoms with Crippen LogP contribution in [0, 0.1) is 0 Å². The number of nitrogens with one attached hydrogen (secondary N) is 1. The van der Waals surface area contributed by atoms with Crippen LogP contribution in [0.25, 0.3) is 0 Å². The zero-order valence-corrected chi connectivity index (χ0v) is 10.0. The summed E-state index contributed by atoms with van der Waals surface area (Å²) in [7, 11) is 0. The monoisotopic (exact) mass is 237 g/mol. The molecule has 1 aromatic rings. The first-order valence-corrected chi connectivity index (χ1v) is 6.38. The third-order valence-electron chi connectivity index (χ3n) is 3.23. The molecule has 0 radical (unpaired) electrons. The van der Waals surface area contributed by atoms with Crippen molar-refractivity contribution in [3.63, 3.8) is 0 Å². The van der Waals surface area contributed by atoms with E-state index < -0.39 is 0 Å². The summed E-state index contributed by atoms with van der Waals surface area (Å²) in [4.78, 5) is 0. The van der Waals surface area contributed by atoms with Gasteiger partial charge < -0.3 is 10.1 Å². The summed E-state index contributed by atoms with van der Waals surface area (Å²) >= 11 is 6.11. The van der Waals surface area contributed by atoms with Crippen LogP contribution in [0.1, 0.15) is 24.0 Å². The molecule has 1 aromatic carbocycles. The molecule has 0 amide bonds. The molecule has 0 spiro atoms. The molecule has 1 aliphatic heterocycles. The summed E-state index contributed by atoms with van der Waals surface area (Å²) in [5.41, 5.74) is 2.53. The lowest BCUT2D eigenvalue weighted by atomic mass is 10.1. The van der Waals surface area contributed by atoms with Crippen LogP contribution in [0.3, 0.4) is 0 Å². The van der Waals surface area contributed by atoms with Crippen molar-refractivity contribution in [1.29, 1.82) is 0 Å².